The summed E-state index contributed by atoms with van der Waals surface area (Å²) >= 11 is 0. The second-order valence-corrected chi connectivity index (χ2v) is 5.86. The second-order valence-electron chi connectivity index (χ2n) is 5.86. The van der Waals surface area contributed by atoms with Crippen LogP contribution in [0.15, 0.2) is 65.8 Å². The monoisotopic (exact) mass is 326 g/mol. The van der Waals surface area contributed by atoms with Crippen LogP contribution in [0.3, 0.4) is 0 Å². The van der Waals surface area contributed by atoms with E-state index in [1.54, 1.807) is 0 Å². The molecular formula is C18H22N4O2. The summed E-state index contributed by atoms with van der Waals surface area (Å²) in [6, 6.07) is 17.2. The third-order valence-corrected chi connectivity index (χ3v) is 4.23. The number of aliphatic hydroxyl groups is 2. The van der Waals surface area contributed by atoms with Crippen LogP contribution in [0.4, 0.5) is 0 Å². The van der Waals surface area contributed by atoms with Crippen molar-refractivity contribution in [1.29, 1.82) is 0 Å². The van der Waals surface area contributed by atoms with Crippen molar-refractivity contribution in [2.24, 2.45) is 10.8 Å². The van der Waals surface area contributed by atoms with Crippen LogP contribution in [0, 0.1) is 0 Å². The van der Waals surface area contributed by atoms with Gasteiger partial charge >= 0.3 is 0 Å². The minimum atomic E-state index is -1.71. The highest BCUT2D eigenvalue weighted by Crippen LogP contribution is 2.24. The van der Waals surface area contributed by atoms with Crippen LogP contribution < -0.4 is 5.73 Å². The first-order chi connectivity index (χ1) is 11.6. The maximum absolute atomic E-state index is 11.0. The highest BCUT2D eigenvalue weighted by Gasteiger charge is 2.41. The lowest BCUT2D eigenvalue weighted by Gasteiger charge is -2.37. The fourth-order valence-corrected chi connectivity index (χ4v) is 2.73. The molecule has 0 heterocycles. The van der Waals surface area contributed by atoms with Gasteiger partial charge in [0.05, 0.1) is 12.6 Å². The summed E-state index contributed by atoms with van der Waals surface area (Å²) in [5, 5.41) is 24.5. The molecule has 6 nitrogen and oxygen atoms in total. The first-order valence-electron chi connectivity index (χ1n) is 7.81. The molecular weight excluding hydrogens is 304 g/mol. The van der Waals surface area contributed by atoms with Crippen molar-refractivity contribution >= 4 is 0 Å². The van der Waals surface area contributed by atoms with Crippen LogP contribution in [-0.2, 0) is 12.8 Å². The van der Waals surface area contributed by atoms with Crippen molar-refractivity contribution in [2.45, 2.75) is 30.5 Å². The van der Waals surface area contributed by atoms with E-state index in [1.807, 2.05) is 60.7 Å². The Labute approximate surface area is 141 Å². The van der Waals surface area contributed by atoms with Gasteiger partial charge in [0, 0.05) is 11.0 Å². The Morgan fingerprint density at radius 3 is 1.96 bits per heavy atom. The minimum absolute atomic E-state index is 0.296. The van der Waals surface area contributed by atoms with Crippen LogP contribution in [-0.4, -0.2) is 34.5 Å². The Kier molecular flexibility index (Phi) is 6.35. The van der Waals surface area contributed by atoms with Crippen molar-refractivity contribution in [3.8, 4) is 0 Å². The largest absolute Gasteiger partial charge is 0.393 e. The number of rotatable bonds is 8. The second kappa shape index (κ2) is 8.47. The van der Waals surface area contributed by atoms with Gasteiger partial charge in [0.15, 0.2) is 0 Å². The van der Waals surface area contributed by atoms with Gasteiger partial charge in [-0.25, -0.2) is 0 Å². The van der Waals surface area contributed by atoms with Crippen molar-refractivity contribution in [1.82, 2.24) is 0 Å². The molecule has 126 valence electrons. The molecule has 0 spiro atoms. The fraction of sp³-hybridized carbons (Fsp3) is 0.333. The number of aliphatic hydroxyl groups excluding tert-OH is 1. The van der Waals surface area contributed by atoms with E-state index in [1.165, 1.54) is 0 Å². The zero-order chi connectivity index (χ0) is 17.4. The van der Waals surface area contributed by atoms with E-state index >= 15 is 0 Å². The molecule has 24 heavy (non-hydrogen) atoms. The molecule has 3 atom stereocenters. The average molecular weight is 326 g/mol. The average Bonchev–Trinajstić information content (AvgIpc) is 2.62. The normalized spacial score (nSPS) is 15.8. The van der Waals surface area contributed by atoms with E-state index in [0.717, 1.165) is 11.1 Å². The molecule has 0 aliphatic rings. The molecule has 0 aliphatic heterocycles. The Morgan fingerprint density at radius 2 is 1.50 bits per heavy atom. The van der Waals surface area contributed by atoms with Gasteiger partial charge in [-0.1, -0.05) is 65.8 Å². The topological polar surface area (TPSA) is 115 Å². The Balaban J connectivity index is 2.23. The third kappa shape index (κ3) is 4.34. The number of hydrogen-bond acceptors (Lipinski definition) is 4. The summed E-state index contributed by atoms with van der Waals surface area (Å²) in [6.45, 7) is -0.586. The van der Waals surface area contributed by atoms with Crippen molar-refractivity contribution in [2.75, 3.05) is 6.61 Å². The van der Waals surface area contributed by atoms with Crippen LogP contribution in [0.25, 0.3) is 10.4 Å². The van der Waals surface area contributed by atoms with E-state index in [-0.39, 0.29) is 0 Å². The van der Waals surface area contributed by atoms with E-state index in [2.05, 4.69) is 10.0 Å². The molecule has 0 amide bonds. The van der Waals surface area contributed by atoms with E-state index in [9.17, 15) is 10.2 Å². The van der Waals surface area contributed by atoms with Crippen LogP contribution >= 0.6 is 0 Å². The van der Waals surface area contributed by atoms with Gasteiger partial charge < -0.3 is 15.9 Å². The quantitative estimate of drug-likeness (QED) is 0.392. The molecule has 2 aromatic rings. The van der Waals surface area contributed by atoms with Crippen molar-refractivity contribution < 1.29 is 10.2 Å². The number of benzene rings is 2. The zero-order valence-electron chi connectivity index (χ0n) is 13.4. The lowest BCUT2D eigenvalue weighted by atomic mass is 9.81. The smallest absolute Gasteiger partial charge is 0.112 e. The Morgan fingerprint density at radius 1 is 1.00 bits per heavy atom. The predicted molar refractivity (Wildman–Crippen MR) is 93.2 cm³/mol. The highest BCUT2D eigenvalue weighted by atomic mass is 16.3. The third-order valence-electron chi connectivity index (χ3n) is 4.23. The predicted octanol–water partition coefficient (Wildman–Crippen LogP) is 2.20. The number of azide groups is 1. The summed E-state index contributed by atoms with van der Waals surface area (Å²) in [6.07, 6.45) is 0.661. The Hall–Kier alpha value is -2.37. The molecule has 0 aromatic heterocycles. The van der Waals surface area contributed by atoms with Crippen LogP contribution in [0.2, 0.25) is 0 Å². The van der Waals surface area contributed by atoms with Gasteiger partial charge in [-0.05, 0) is 29.5 Å². The van der Waals surface area contributed by atoms with Crippen molar-refractivity contribution in [3.63, 3.8) is 0 Å². The van der Waals surface area contributed by atoms with Gasteiger partial charge in [-0.15, -0.1) is 0 Å². The number of nitrogens with two attached hydrogens (primary N) is 1. The maximum Gasteiger partial charge on any atom is 0.112 e. The molecule has 0 aliphatic carbocycles. The highest BCUT2D eigenvalue weighted by molar-refractivity contribution is 5.20. The molecule has 0 radical (unpaired) electrons. The fourth-order valence-electron chi connectivity index (χ4n) is 2.73. The summed E-state index contributed by atoms with van der Waals surface area (Å²) in [5.41, 5.74) is 15.2. The maximum atomic E-state index is 11.0. The first-order valence-corrected chi connectivity index (χ1v) is 7.81. The zero-order valence-corrected chi connectivity index (χ0v) is 13.4. The summed E-state index contributed by atoms with van der Waals surface area (Å²) < 4.78 is 0. The summed E-state index contributed by atoms with van der Waals surface area (Å²) in [5.74, 6) is 0. The molecule has 0 bridgehead atoms. The van der Waals surface area contributed by atoms with Gasteiger partial charge in [0.25, 0.3) is 0 Å². The lowest BCUT2D eigenvalue weighted by Crippen LogP contribution is -2.59. The van der Waals surface area contributed by atoms with Gasteiger partial charge in [-0.2, -0.15) is 0 Å². The van der Waals surface area contributed by atoms with E-state index in [0.29, 0.717) is 12.8 Å². The van der Waals surface area contributed by atoms with Crippen molar-refractivity contribution in [3.05, 3.63) is 82.2 Å². The number of nitrogens with zero attached hydrogens (tertiary/aromatic N) is 3. The molecule has 3 unspecified atom stereocenters. The molecule has 2 aromatic carbocycles. The first kappa shape index (κ1) is 18.0. The Bertz CT molecular complexity index is 674. The van der Waals surface area contributed by atoms with Gasteiger partial charge in [-0.3, -0.25) is 0 Å². The SMILES string of the molecule is [N-]=[N+]=NC(Cc1ccccc1)C(O)(CO)C(N)Cc1ccccc1. The molecule has 4 N–H and O–H groups in total. The minimum Gasteiger partial charge on any atom is -0.393 e. The molecule has 2 rings (SSSR count). The van der Waals surface area contributed by atoms with E-state index in [4.69, 9.17) is 11.3 Å². The van der Waals surface area contributed by atoms with Gasteiger partial charge in [0.2, 0.25) is 0 Å². The lowest BCUT2D eigenvalue weighted by molar-refractivity contribution is -0.0540. The molecule has 6 heteroatoms. The van der Waals surface area contributed by atoms with Gasteiger partial charge in [0.1, 0.15) is 5.60 Å². The number of hydrogen-bond donors (Lipinski definition) is 3. The molecule has 0 saturated heterocycles. The molecule has 0 saturated carbocycles. The summed E-state index contributed by atoms with van der Waals surface area (Å²) in [7, 11) is 0. The van der Waals surface area contributed by atoms with E-state index < -0.39 is 24.3 Å². The standard InChI is InChI=1S/C18H22N4O2/c19-16(11-14-7-3-1-4-8-14)18(24,13-23)17(21-22-20)12-15-9-5-2-6-10-15/h1-10,16-17,23-24H,11-13,19H2. The van der Waals surface area contributed by atoms with Crippen LogP contribution in [0.5, 0.6) is 0 Å². The van der Waals surface area contributed by atoms with Crippen LogP contribution in [0.1, 0.15) is 11.1 Å². The summed E-state index contributed by atoms with van der Waals surface area (Å²) in [4.78, 5) is 2.83. The molecule has 0 fully saturated rings.